The van der Waals surface area contributed by atoms with Gasteiger partial charge in [0.2, 0.25) is 0 Å². The number of aromatic amines is 1. The number of rotatable bonds is 11. The Balaban J connectivity index is 1.73. The van der Waals surface area contributed by atoms with Crippen LogP contribution < -0.4 is 9.47 Å². The van der Waals surface area contributed by atoms with Gasteiger partial charge in [-0.15, -0.1) is 0 Å². The number of H-pyrrole nitrogens is 1. The summed E-state index contributed by atoms with van der Waals surface area (Å²) in [7, 11) is 1.64. The van der Waals surface area contributed by atoms with Crippen LogP contribution in [0.4, 0.5) is 0 Å². The van der Waals surface area contributed by atoms with Crippen molar-refractivity contribution in [1.82, 2.24) is 4.98 Å². The highest BCUT2D eigenvalue weighted by Crippen LogP contribution is 2.29. The van der Waals surface area contributed by atoms with Gasteiger partial charge in [0, 0.05) is 52.3 Å². The van der Waals surface area contributed by atoms with Gasteiger partial charge in [-0.2, -0.15) is 0 Å². The molecule has 160 valence electrons. The number of methoxy groups -OCH3 is 1. The van der Waals surface area contributed by atoms with Crippen molar-refractivity contribution in [2.75, 3.05) is 26.9 Å². The van der Waals surface area contributed by atoms with E-state index in [1.54, 1.807) is 25.4 Å². The molecule has 6 heteroatoms. The molecule has 0 atom stereocenters. The maximum absolute atomic E-state index is 13.1. The first kappa shape index (κ1) is 22.2. The third kappa shape index (κ3) is 5.35. The summed E-state index contributed by atoms with van der Waals surface area (Å²) in [6, 6.07) is 9.26. The van der Waals surface area contributed by atoms with Crippen LogP contribution in [0.5, 0.6) is 11.5 Å². The summed E-state index contributed by atoms with van der Waals surface area (Å²) in [5, 5.41) is 1.46. The number of Topliss-reactive ketones (excluding diaryl/α,β-unsaturated/α-hetero) is 1. The second-order valence-electron chi connectivity index (χ2n) is 7.24. The molecular formula is C24H28ClNO4. The molecular weight excluding hydrogens is 402 g/mol. The second-order valence-corrected chi connectivity index (χ2v) is 7.67. The van der Waals surface area contributed by atoms with E-state index in [0.29, 0.717) is 29.5 Å². The fourth-order valence-corrected chi connectivity index (χ4v) is 3.51. The minimum Gasteiger partial charge on any atom is -0.496 e. The summed E-state index contributed by atoms with van der Waals surface area (Å²) in [4.78, 5) is 16.2. The van der Waals surface area contributed by atoms with Crippen molar-refractivity contribution in [3.63, 3.8) is 0 Å². The SMILES string of the molecule is CCCCOCCOc1cc(Cl)ccc1CC(=O)c1c[nH]c2cc(OC)c(C)cc12. The number of benzene rings is 2. The standard InChI is InChI=1S/C24H28ClNO4/c1-4-5-8-29-9-10-30-24-13-18(25)7-6-17(24)12-22(27)20-15-26-21-14-23(28-3)16(2)11-19(20)21/h6-7,11,13-15,26H,4-5,8-10,12H2,1-3H3. The number of hydrogen-bond donors (Lipinski definition) is 1. The molecule has 0 radical (unpaired) electrons. The van der Waals surface area contributed by atoms with Gasteiger partial charge in [-0.25, -0.2) is 0 Å². The van der Waals surface area contributed by atoms with Gasteiger partial charge in [0.05, 0.1) is 13.7 Å². The molecule has 0 spiro atoms. The number of carbonyl (C=O) groups is 1. The monoisotopic (exact) mass is 429 g/mol. The van der Waals surface area contributed by atoms with Crippen LogP contribution in [0.15, 0.2) is 36.5 Å². The van der Waals surface area contributed by atoms with Crippen LogP contribution in [-0.2, 0) is 11.2 Å². The first-order valence-corrected chi connectivity index (χ1v) is 10.6. The third-order valence-corrected chi connectivity index (χ3v) is 5.24. The van der Waals surface area contributed by atoms with Crippen molar-refractivity contribution in [3.05, 3.63) is 58.2 Å². The first-order valence-electron chi connectivity index (χ1n) is 10.2. The van der Waals surface area contributed by atoms with Gasteiger partial charge < -0.3 is 19.2 Å². The smallest absolute Gasteiger partial charge is 0.169 e. The van der Waals surface area contributed by atoms with Crippen LogP contribution in [0.2, 0.25) is 5.02 Å². The Bertz CT molecular complexity index is 1010. The number of hydrogen-bond acceptors (Lipinski definition) is 4. The van der Waals surface area contributed by atoms with Crippen LogP contribution >= 0.6 is 11.6 Å². The summed E-state index contributed by atoms with van der Waals surface area (Å²) >= 11 is 6.15. The Morgan fingerprint density at radius 2 is 1.93 bits per heavy atom. The lowest BCUT2D eigenvalue weighted by atomic mass is 10.0. The lowest BCUT2D eigenvalue weighted by molar-refractivity contribution is 0.0964. The molecule has 5 nitrogen and oxygen atoms in total. The van der Waals surface area contributed by atoms with E-state index in [0.717, 1.165) is 47.2 Å². The van der Waals surface area contributed by atoms with Gasteiger partial charge in [-0.3, -0.25) is 4.79 Å². The normalized spacial score (nSPS) is 11.1. The Morgan fingerprint density at radius 1 is 1.10 bits per heavy atom. The first-order chi connectivity index (χ1) is 14.5. The molecule has 0 saturated heterocycles. The Morgan fingerprint density at radius 3 is 2.70 bits per heavy atom. The predicted molar refractivity (Wildman–Crippen MR) is 120 cm³/mol. The van der Waals surface area contributed by atoms with Crippen molar-refractivity contribution < 1.29 is 19.0 Å². The molecule has 1 aromatic heterocycles. The lowest BCUT2D eigenvalue weighted by Gasteiger charge is -2.12. The highest BCUT2D eigenvalue weighted by atomic mass is 35.5. The van der Waals surface area contributed by atoms with Gasteiger partial charge >= 0.3 is 0 Å². The van der Waals surface area contributed by atoms with E-state index < -0.39 is 0 Å². The van der Waals surface area contributed by atoms with Crippen molar-refractivity contribution in [1.29, 1.82) is 0 Å². The highest BCUT2D eigenvalue weighted by molar-refractivity contribution is 6.30. The topological polar surface area (TPSA) is 60.5 Å². The largest absolute Gasteiger partial charge is 0.496 e. The molecule has 0 unspecified atom stereocenters. The molecule has 30 heavy (non-hydrogen) atoms. The molecule has 0 amide bonds. The summed E-state index contributed by atoms with van der Waals surface area (Å²) in [5.74, 6) is 1.42. The van der Waals surface area contributed by atoms with Gasteiger partial charge in [-0.05, 0) is 37.1 Å². The Kier molecular flexibility index (Phi) is 7.77. The molecule has 0 aliphatic heterocycles. The van der Waals surface area contributed by atoms with Crippen molar-refractivity contribution in [2.45, 2.75) is 33.1 Å². The number of fused-ring (bicyclic) bond motifs is 1. The van der Waals surface area contributed by atoms with Gasteiger partial charge in [0.15, 0.2) is 5.78 Å². The number of halogens is 1. The molecule has 0 aliphatic carbocycles. The van der Waals surface area contributed by atoms with Crippen LogP contribution in [0.1, 0.15) is 41.3 Å². The fourth-order valence-electron chi connectivity index (χ4n) is 3.34. The summed E-state index contributed by atoms with van der Waals surface area (Å²) in [6.07, 6.45) is 4.11. The Hall–Kier alpha value is -2.50. The van der Waals surface area contributed by atoms with Gasteiger partial charge in [0.25, 0.3) is 0 Å². The van der Waals surface area contributed by atoms with Crippen LogP contribution in [0.25, 0.3) is 10.9 Å². The van der Waals surface area contributed by atoms with E-state index in [-0.39, 0.29) is 12.2 Å². The molecule has 0 fully saturated rings. The zero-order valence-electron chi connectivity index (χ0n) is 17.7. The van der Waals surface area contributed by atoms with E-state index in [1.165, 1.54) is 0 Å². The van der Waals surface area contributed by atoms with E-state index >= 15 is 0 Å². The molecule has 1 heterocycles. The number of aryl methyl sites for hydroxylation is 1. The summed E-state index contributed by atoms with van der Waals surface area (Å²) in [5.41, 5.74) is 3.31. The third-order valence-electron chi connectivity index (χ3n) is 5.01. The number of carbonyl (C=O) groups excluding carboxylic acids is 1. The average Bonchev–Trinajstić information content (AvgIpc) is 3.14. The van der Waals surface area contributed by atoms with E-state index in [2.05, 4.69) is 11.9 Å². The van der Waals surface area contributed by atoms with Gasteiger partial charge in [-0.1, -0.05) is 31.0 Å². The van der Waals surface area contributed by atoms with Crippen molar-refractivity contribution >= 4 is 28.3 Å². The average molecular weight is 430 g/mol. The molecule has 2 aromatic carbocycles. The molecule has 3 rings (SSSR count). The quantitative estimate of drug-likeness (QED) is 0.311. The summed E-state index contributed by atoms with van der Waals surface area (Å²) in [6.45, 7) is 5.74. The number of ketones is 1. The molecule has 0 saturated carbocycles. The number of nitrogens with one attached hydrogen (secondary N) is 1. The zero-order chi connectivity index (χ0) is 21.5. The van der Waals surface area contributed by atoms with E-state index in [9.17, 15) is 4.79 Å². The molecule has 1 N–H and O–H groups in total. The second kappa shape index (κ2) is 10.5. The van der Waals surface area contributed by atoms with E-state index in [4.69, 9.17) is 25.8 Å². The molecule has 0 aliphatic rings. The summed E-state index contributed by atoms with van der Waals surface area (Å²) < 4.78 is 16.8. The van der Waals surface area contributed by atoms with Gasteiger partial charge in [0.1, 0.15) is 18.1 Å². The maximum atomic E-state index is 13.1. The zero-order valence-corrected chi connectivity index (χ0v) is 18.5. The van der Waals surface area contributed by atoms with Crippen molar-refractivity contribution in [3.8, 4) is 11.5 Å². The number of unbranched alkanes of at least 4 members (excludes halogenated alkanes) is 1. The minimum absolute atomic E-state index is 0.0113. The Labute approximate surface area is 182 Å². The van der Waals surface area contributed by atoms with E-state index in [1.807, 2.05) is 25.1 Å². The number of ether oxygens (including phenoxy) is 3. The van der Waals surface area contributed by atoms with Crippen LogP contribution in [-0.4, -0.2) is 37.7 Å². The predicted octanol–water partition coefficient (Wildman–Crippen LogP) is 5.76. The molecule has 0 bridgehead atoms. The highest BCUT2D eigenvalue weighted by Gasteiger charge is 2.17. The van der Waals surface area contributed by atoms with Crippen LogP contribution in [0.3, 0.4) is 0 Å². The van der Waals surface area contributed by atoms with Crippen molar-refractivity contribution in [2.24, 2.45) is 0 Å². The number of aromatic nitrogens is 1. The molecule has 3 aromatic rings. The minimum atomic E-state index is 0.0113. The van der Waals surface area contributed by atoms with Crippen LogP contribution in [0, 0.1) is 6.92 Å². The lowest BCUT2D eigenvalue weighted by Crippen LogP contribution is -2.10. The fraction of sp³-hybridized carbons (Fsp3) is 0.375. The maximum Gasteiger partial charge on any atom is 0.169 e.